The van der Waals surface area contributed by atoms with Gasteiger partial charge in [-0.1, -0.05) is 13.8 Å². The van der Waals surface area contributed by atoms with Gasteiger partial charge in [-0.3, -0.25) is 4.79 Å². The molecule has 0 radical (unpaired) electrons. The van der Waals surface area contributed by atoms with E-state index in [9.17, 15) is 4.79 Å². The molecule has 0 aliphatic carbocycles. The fraction of sp³-hybridized carbons (Fsp3) is 0.923. The number of hydrogen-bond donors (Lipinski definition) is 1. The molecule has 1 rings (SSSR count). The van der Waals surface area contributed by atoms with E-state index < -0.39 is 0 Å². The van der Waals surface area contributed by atoms with Gasteiger partial charge in [0.15, 0.2) is 0 Å². The lowest BCUT2D eigenvalue weighted by molar-refractivity contribution is -0.128. The van der Waals surface area contributed by atoms with Crippen molar-refractivity contribution in [3.8, 4) is 0 Å². The Bertz CT molecular complexity index is 272. The van der Waals surface area contributed by atoms with Crippen molar-refractivity contribution in [1.82, 2.24) is 5.32 Å². The molecule has 0 bridgehead atoms. The van der Waals surface area contributed by atoms with Gasteiger partial charge < -0.3 is 10.1 Å². The third-order valence-corrected chi connectivity index (χ3v) is 4.50. The van der Waals surface area contributed by atoms with Crippen LogP contribution in [-0.4, -0.2) is 30.0 Å². The standard InChI is InChI=1S/C13H24ClNO2/c1-7(6-14)9(3)15-13(16)12-8(2)10(4)17-11(12)5/h7-12H,6H2,1-5H3,(H,15,16). The van der Waals surface area contributed by atoms with Gasteiger partial charge in [0.2, 0.25) is 5.91 Å². The summed E-state index contributed by atoms with van der Waals surface area (Å²) in [5.41, 5.74) is 0. The number of halogens is 1. The van der Waals surface area contributed by atoms with Gasteiger partial charge in [-0.2, -0.15) is 0 Å². The fourth-order valence-electron chi connectivity index (χ4n) is 2.32. The van der Waals surface area contributed by atoms with Crippen molar-refractivity contribution in [2.75, 3.05) is 5.88 Å². The van der Waals surface area contributed by atoms with Crippen LogP contribution in [0.1, 0.15) is 34.6 Å². The summed E-state index contributed by atoms with van der Waals surface area (Å²) in [5, 5.41) is 3.05. The van der Waals surface area contributed by atoms with Crippen LogP contribution in [0.5, 0.6) is 0 Å². The molecule has 100 valence electrons. The summed E-state index contributed by atoms with van der Waals surface area (Å²) in [7, 11) is 0. The predicted molar refractivity (Wildman–Crippen MR) is 70.2 cm³/mol. The van der Waals surface area contributed by atoms with Crippen LogP contribution in [0.25, 0.3) is 0 Å². The predicted octanol–water partition coefficient (Wildman–Crippen LogP) is 2.43. The lowest BCUT2D eigenvalue weighted by Crippen LogP contribution is -2.44. The minimum atomic E-state index is -0.0463. The van der Waals surface area contributed by atoms with E-state index >= 15 is 0 Å². The third-order valence-electron chi connectivity index (χ3n) is 4.01. The third kappa shape index (κ3) is 3.35. The summed E-state index contributed by atoms with van der Waals surface area (Å²) in [4.78, 5) is 12.2. The number of alkyl halides is 1. The minimum absolute atomic E-state index is 0.00138. The highest BCUT2D eigenvalue weighted by Crippen LogP contribution is 2.32. The molecule has 1 N–H and O–H groups in total. The van der Waals surface area contributed by atoms with Crippen LogP contribution in [0, 0.1) is 17.8 Å². The van der Waals surface area contributed by atoms with Crippen molar-refractivity contribution < 1.29 is 9.53 Å². The summed E-state index contributed by atoms with van der Waals surface area (Å²) in [5.74, 6) is 1.16. The van der Waals surface area contributed by atoms with Gasteiger partial charge >= 0.3 is 0 Å². The maximum absolute atomic E-state index is 12.2. The zero-order chi connectivity index (χ0) is 13.2. The van der Waals surface area contributed by atoms with Crippen LogP contribution in [-0.2, 0) is 9.53 Å². The van der Waals surface area contributed by atoms with Gasteiger partial charge in [-0.15, -0.1) is 11.6 Å². The molecule has 0 aromatic carbocycles. The number of carbonyl (C=O) groups excluding carboxylic acids is 1. The number of amides is 1. The highest BCUT2D eigenvalue weighted by Gasteiger charge is 2.41. The molecule has 0 aromatic heterocycles. The average Bonchev–Trinajstić information content (AvgIpc) is 2.51. The van der Waals surface area contributed by atoms with Crippen molar-refractivity contribution >= 4 is 17.5 Å². The van der Waals surface area contributed by atoms with Gasteiger partial charge in [0, 0.05) is 11.9 Å². The smallest absolute Gasteiger partial charge is 0.226 e. The van der Waals surface area contributed by atoms with Crippen molar-refractivity contribution in [3.63, 3.8) is 0 Å². The number of hydrogen-bond acceptors (Lipinski definition) is 2. The molecule has 6 unspecified atom stereocenters. The van der Waals surface area contributed by atoms with E-state index in [1.807, 2.05) is 27.7 Å². The second kappa shape index (κ2) is 6.05. The molecule has 0 spiro atoms. The van der Waals surface area contributed by atoms with Crippen LogP contribution in [0.15, 0.2) is 0 Å². The van der Waals surface area contributed by atoms with Crippen LogP contribution in [0.4, 0.5) is 0 Å². The Kier molecular flexibility index (Phi) is 5.26. The number of carbonyl (C=O) groups is 1. The summed E-state index contributed by atoms with van der Waals surface area (Å²) < 4.78 is 5.69. The first-order valence-corrected chi connectivity index (χ1v) is 6.93. The summed E-state index contributed by atoms with van der Waals surface area (Å²) >= 11 is 5.79. The van der Waals surface area contributed by atoms with Crippen LogP contribution >= 0.6 is 11.6 Å². The van der Waals surface area contributed by atoms with E-state index in [0.717, 1.165) is 0 Å². The maximum Gasteiger partial charge on any atom is 0.226 e. The van der Waals surface area contributed by atoms with Crippen molar-refractivity contribution in [2.24, 2.45) is 17.8 Å². The fourth-order valence-corrected chi connectivity index (χ4v) is 2.58. The number of ether oxygens (including phenoxy) is 1. The molecule has 1 heterocycles. The summed E-state index contributed by atoms with van der Waals surface area (Å²) in [6.45, 7) is 10.1. The zero-order valence-electron chi connectivity index (χ0n) is 11.4. The van der Waals surface area contributed by atoms with Crippen molar-refractivity contribution in [2.45, 2.75) is 52.9 Å². The van der Waals surface area contributed by atoms with Gasteiger partial charge in [0.25, 0.3) is 0 Å². The Labute approximate surface area is 109 Å². The molecule has 17 heavy (non-hydrogen) atoms. The van der Waals surface area contributed by atoms with Crippen molar-refractivity contribution in [3.05, 3.63) is 0 Å². The maximum atomic E-state index is 12.2. The second-order valence-electron chi connectivity index (χ2n) is 5.36. The molecule has 1 fully saturated rings. The Hall–Kier alpha value is -0.280. The first kappa shape index (κ1) is 14.8. The molecule has 1 saturated heterocycles. The van der Waals surface area contributed by atoms with E-state index in [1.54, 1.807) is 0 Å². The molecular formula is C13H24ClNO2. The molecule has 0 aromatic rings. The van der Waals surface area contributed by atoms with E-state index in [-0.39, 0.29) is 41.9 Å². The summed E-state index contributed by atoms with van der Waals surface area (Å²) in [6, 6.07) is 0.107. The van der Waals surface area contributed by atoms with Gasteiger partial charge in [-0.25, -0.2) is 0 Å². The van der Waals surface area contributed by atoms with Crippen LogP contribution < -0.4 is 5.32 Å². The van der Waals surface area contributed by atoms with Crippen LogP contribution in [0.2, 0.25) is 0 Å². The molecule has 1 amide bonds. The largest absolute Gasteiger partial charge is 0.374 e. The zero-order valence-corrected chi connectivity index (χ0v) is 12.1. The van der Waals surface area contributed by atoms with Crippen LogP contribution in [0.3, 0.4) is 0 Å². The Morgan fingerprint density at radius 1 is 1.29 bits per heavy atom. The van der Waals surface area contributed by atoms with E-state index in [1.165, 1.54) is 0 Å². The summed E-state index contributed by atoms with van der Waals surface area (Å²) in [6.07, 6.45) is 0.153. The Balaban J connectivity index is 2.58. The molecule has 1 aliphatic rings. The molecule has 0 saturated carbocycles. The first-order chi connectivity index (χ1) is 7.88. The van der Waals surface area contributed by atoms with E-state index in [4.69, 9.17) is 16.3 Å². The highest BCUT2D eigenvalue weighted by molar-refractivity contribution is 6.18. The van der Waals surface area contributed by atoms with Crippen molar-refractivity contribution in [1.29, 1.82) is 0 Å². The topological polar surface area (TPSA) is 38.3 Å². The molecule has 4 heteroatoms. The van der Waals surface area contributed by atoms with E-state index in [0.29, 0.717) is 5.88 Å². The number of nitrogens with one attached hydrogen (secondary N) is 1. The monoisotopic (exact) mass is 261 g/mol. The molecule has 3 nitrogen and oxygen atoms in total. The molecule has 6 atom stereocenters. The SMILES string of the molecule is CC(CCl)C(C)NC(=O)C1C(C)OC(C)C1C. The molecular weight excluding hydrogens is 238 g/mol. The lowest BCUT2D eigenvalue weighted by atomic mass is 9.88. The highest BCUT2D eigenvalue weighted by atomic mass is 35.5. The number of rotatable bonds is 4. The minimum Gasteiger partial charge on any atom is -0.374 e. The molecule has 1 aliphatic heterocycles. The Morgan fingerprint density at radius 2 is 1.88 bits per heavy atom. The normalized spacial score (nSPS) is 36.6. The van der Waals surface area contributed by atoms with Gasteiger partial charge in [0.1, 0.15) is 0 Å². The van der Waals surface area contributed by atoms with Gasteiger partial charge in [0.05, 0.1) is 18.1 Å². The lowest BCUT2D eigenvalue weighted by Gasteiger charge is -2.24. The Morgan fingerprint density at radius 3 is 2.29 bits per heavy atom. The van der Waals surface area contributed by atoms with E-state index in [2.05, 4.69) is 12.2 Å². The van der Waals surface area contributed by atoms with Gasteiger partial charge in [-0.05, 0) is 32.6 Å². The second-order valence-corrected chi connectivity index (χ2v) is 5.67. The first-order valence-electron chi connectivity index (χ1n) is 6.40. The average molecular weight is 262 g/mol. The quantitative estimate of drug-likeness (QED) is 0.790.